The maximum atomic E-state index is 12.2. The van der Waals surface area contributed by atoms with E-state index < -0.39 is 6.09 Å². The lowest BCUT2D eigenvalue weighted by atomic mass is 9.91. The van der Waals surface area contributed by atoms with E-state index in [9.17, 15) is 9.59 Å². The highest BCUT2D eigenvalue weighted by Gasteiger charge is 2.68. The molecule has 1 saturated heterocycles. The number of aliphatic imine (C=N–C) groups is 1. The molecule has 5 atom stereocenters. The number of nitrogens with two attached hydrogens (primary N) is 1. The van der Waals surface area contributed by atoms with Gasteiger partial charge in [-0.3, -0.25) is 9.79 Å². The van der Waals surface area contributed by atoms with Crippen molar-refractivity contribution in [2.45, 2.75) is 59.3 Å². The zero-order chi connectivity index (χ0) is 19.3. The van der Waals surface area contributed by atoms with Crippen LogP contribution in [0.15, 0.2) is 4.99 Å². The molecule has 1 saturated carbocycles. The first-order valence-electron chi connectivity index (χ1n) is 8.33. The molecule has 1 aliphatic carbocycles. The molecule has 2 rings (SSSR count). The molecule has 0 aromatic heterocycles. The molecule has 0 aromatic carbocycles. The Bertz CT molecular complexity index is 460. The highest BCUT2D eigenvalue weighted by atomic mass is 31.0. The van der Waals surface area contributed by atoms with Crippen LogP contribution in [-0.4, -0.2) is 48.6 Å². The van der Waals surface area contributed by atoms with Crippen molar-refractivity contribution in [3.63, 3.8) is 0 Å². The van der Waals surface area contributed by atoms with Gasteiger partial charge in [0.05, 0.1) is 7.11 Å². The van der Waals surface area contributed by atoms with E-state index in [4.69, 9.17) is 0 Å². The molecule has 140 valence electrons. The Labute approximate surface area is 148 Å². The molecule has 0 bridgehead atoms. The third-order valence-corrected chi connectivity index (χ3v) is 5.08. The molecular weight excluding hydrogens is 325 g/mol. The zero-order valence-corrected chi connectivity index (χ0v) is 17.3. The van der Waals surface area contributed by atoms with Gasteiger partial charge in [-0.05, 0) is 23.2 Å². The predicted octanol–water partition coefficient (Wildman–Crippen LogP) is 2.91. The third kappa shape index (κ3) is 5.73. The van der Waals surface area contributed by atoms with Gasteiger partial charge >= 0.3 is 6.09 Å². The number of hydrogen-bond donors (Lipinski definition) is 1. The van der Waals surface area contributed by atoms with Crippen LogP contribution in [-0.2, 0) is 9.53 Å². The molecule has 2 amide bonds. The average Bonchev–Trinajstić information content (AvgIpc) is 2.87. The summed E-state index contributed by atoms with van der Waals surface area (Å²) in [5, 5.41) is 0.268. The Kier molecular flexibility index (Phi) is 8.37. The van der Waals surface area contributed by atoms with Crippen molar-refractivity contribution in [3.05, 3.63) is 0 Å². The Morgan fingerprint density at radius 2 is 1.88 bits per heavy atom. The molecule has 0 radical (unpaired) electrons. The third-order valence-electron chi connectivity index (χ3n) is 4.27. The lowest BCUT2D eigenvalue weighted by molar-refractivity contribution is -0.134. The number of amides is 2. The summed E-state index contributed by atoms with van der Waals surface area (Å²) in [7, 11) is 4.14. The monoisotopic (exact) mass is 359 g/mol. The van der Waals surface area contributed by atoms with E-state index in [2.05, 4.69) is 59.1 Å². The highest BCUT2D eigenvalue weighted by molar-refractivity contribution is 7.19. The van der Waals surface area contributed by atoms with Crippen molar-refractivity contribution in [1.82, 2.24) is 4.90 Å². The summed E-state index contributed by atoms with van der Waals surface area (Å²) in [6, 6.07) is 0. The number of hydrogen-bond acceptors (Lipinski definition) is 4. The first-order chi connectivity index (χ1) is 11.0. The van der Waals surface area contributed by atoms with Crippen LogP contribution in [0.5, 0.6) is 0 Å². The standard InChI is InChI=1S/C13H23N2OP.C2H5NO2.C2H6/c1-12(2,3)6-9(16)15-7-8-10(11(15)14-5)13(8,4)17;1-5-2(3)4;1-2/h8,10-11H,5-7,17H2,1-4H3;1H3,(H2,3,4);1-2H3/t8-,10-,11-,13?;;/m0../s1. The van der Waals surface area contributed by atoms with E-state index in [0.717, 1.165) is 6.54 Å². The molecule has 2 N–H and O–H groups in total. The first kappa shape index (κ1) is 22.8. The predicted molar refractivity (Wildman–Crippen MR) is 102 cm³/mol. The Hall–Kier alpha value is -1.16. The number of carbonyl (C=O) groups excluding carboxylic acids is 2. The average molecular weight is 359 g/mol. The molecule has 2 unspecified atom stereocenters. The van der Waals surface area contributed by atoms with Gasteiger partial charge in [-0.1, -0.05) is 41.5 Å². The van der Waals surface area contributed by atoms with E-state index >= 15 is 0 Å². The zero-order valence-electron chi connectivity index (χ0n) is 16.1. The number of fused-ring (bicyclic) bond motifs is 1. The number of piperidine rings is 1. The Morgan fingerprint density at radius 3 is 2.21 bits per heavy atom. The first-order valence-corrected chi connectivity index (χ1v) is 8.91. The lowest BCUT2D eigenvalue weighted by Gasteiger charge is -2.30. The number of primary amides is 1. The van der Waals surface area contributed by atoms with Crippen LogP contribution in [0.1, 0.15) is 48.0 Å². The van der Waals surface area contributed by atoms with Crippen LogP contribution in [0, 0.1) is 17.3 Å². The highest BCUT2D eigenvalue weighted by Crippen LogP contribution is 2.64. The van der Waals surface area contributed by atoms with Gasteiger partial charge in [-0.25, -0.2) is 4.79 Å². The summed E-state index contributed by atoms with van der Waals surface area (Å²) in [4.78, 5) is 27.7. The van der Waals surface area contributed by atoms with Crippen molar-refractivity contribution < 1.29 is 14.3 Å². The summed E-state index contributed by atoms with van der Waals surface area (Å²) in [6.07, 6.45) is -0.159. The number of nitrogens with zero attached hydrogens (tertiary/aromatic N) is 2. The molecule has 2 fully saturated rings. The SMILES string of the molecule is C=N[C@@H]1[C@@H]2[C@H](CN1C(=O)CC(C)(C)C)C2(C)P.CC.COC(N)=O. The quantitative estimate of drug-likeness (QED) is 0.608. The lowest BCUT2D eigenvalue weighted by Crippen LogP contribution is -2.41. The van der Waals surface area contributed by atoms with Crippen molar-refractivity contribution in [3.8, 4) is 0 Å². The van der Waals surface area contributed by atoms with Crippen molar-refractivity contribution in [2.75, 3.05) is 13.7 Å². The summed E-state index contributed by atoms with van der Waals surface area (Å²) >= 11 is 0. The fourth-order valence-electron chi connectivity index (χ4n) is 3.03. The van der Waals surface area contributed by atoms with Crippen LogP contribution >= 0.6 is 9.24 Å². The smallest absolute Gasteiger partial charge is 0.404 e. The minimum Gasteiger partial charge on any atom is -0.453 e. The maximum Gasteiger partial charge on any atom is 0.404 e. The number of methoxy groups -OCH3 is 1. The molecule has 24 heavy (non-hydrogen) atoms. The fourth-order valence-corrected chi connectivity index (χ4v) is 3.65. The summed E-state index contributed by atoms with van der Waals surface area (Å²) < 4.78 is 3.89. The molecule has 1 aliphatic heterocycles. The number of ether oxygens (including phenoxy) is 1. The molecule has 2 aliphatic rings. The second-order valence-electron chi connectivity index (χ2n) is 7.40. The largest absolute Gasteiger partial charge is 0.453 e. The van der Waals surface area contributed by atoms with E-state index in [1.165, 1.54) is 7.11 Å². The molecule has 1 heterocycles. The fraction of sp³-hybridized carbons (Fsp3) is 0.824. The van der Waals surface area contributed by atoms with Crippen molar-refractivity contribution in [1.29, 1.82) is 0 Å². The van der Waals surface area contributed by atoms with Gasteiger partial charge in [0.15, 0.2) is 0 Å². The maximum absolute atomic E-state index is 12.2. The summed E-state index contributed by atoms with van der Waals surface area (Å²) in [6.45, 7) is 17.0. The number of rotatable bonds is 2. The van der Waals surface area contributed by atoms with Gasteiger partial charge in [0, 0.05) is 18.9 Å². The van der Waals surface area contributed by atoms with Gasteiger partial charge in [-0.2, -0.15) is 0 Å². The van der Waals surface area contributed by atoms with Gasteiger partial charge in [0.25, 0.3) is 0 Å². The van der Waals surface area contributed by atoms with Gasteiger partial charge in [0.2, 0.25) is 5.91 Å². The van der Waals surface area contributed by atoms with Crippen LogP contribution in [0.4, 0.5) is 4.79 Å². The van der Waals surface area contributed by atoms with Gasteiger partial charge < -0.3 is 15.4 Å². The van der Waals surface area contributed by atoms with Crippen molar-refractivity contribution in [2.24, 2.45) is 28.0 Å². The number of carbonyl (C=O) groups is 2. The van der Waals surface area contributed by atoms with Gasteiger partial charge in [-0.15, -0.1) is 9.24 Å². The molecule has 0 aromatic rings. The minimum atomic E-state index is -0.745. The van der Waals surface area contributed by atoms with Crippen molar-refractivity contribution >= 4 is 28.0 Å². The Balaban J connectivity index is 0.000000650. The second kappa shape index (κ2) is 8.80. The van der Waals surface area contributed by atoms with Crippen LogP contribution in [0.2, 0.25) is 0 Å². The molecule has 7 heteroatoms. The molecule has 6 nitrogen and oxygen atoms in total. The van der Waals surface area contributed by atoms with Crippen LogP contribution in [0.3, 0.4) is 0 Å². The summed E-state index contributed by atoms with van der Waals surface area (Å²) in [5.41, 5.74) is 4.47. The van der Waals surface area contributed by atoms with Crippen LogP contribution < -0.4 is 5.73 Å². The van der Waals surface area contributed by atoms with E-state index in [1.807, 2.05) is 18.7 Å². The molecule has 0 spiro atoms. The topological polar surface area (TPSA) is 85.0 Å². The second-order valence-corrected chi connectivity index (χ2v) is 8.65. The van der Waals surface area contributed by atoms with Gasteiger partial charge in [0.1, 0.15) is 6.17 Å². The normalized spacial score (nSPS) is 30.0. The van der Waals surface area contributed by atoms with E-state index in [0.29, 0.717) is 18.3 Å². The van der Waals surface area contributed by atoms with E-state index in [-0.39, 0.29) is 22.6 Å². The van der Waals surface area contributed by atoms with E-state index in [1.54, 1.807) is 0 Å². The molecular formula is C17H34N3O3P. The Morgan fingerprint density at radius 1 is 1.42 bits per heavy atom. The number of likely N-dealkylation sites (tertiary alicyclic amines) is 1. The minimum absolute atomic E-state index is 0.00245. The summed E-state index contributed by atoms with van der Waals surface area (Å²) in [5.74, 6) is 1.31. The van der Waals surface area contributed by atoms with Crippen LogP contribution in [0.25, 0.3) is 0 Å².